The Balaban J connectivity index is 1.79. The van der Waals surface area contributed by atoms with Gasteiger partial charge in [0.15, 0.2) is 0 Å². The SMILES string of the molecule is CCN(CCNC(=O)c1ccccc1N)C1CC1. The van der Waals surface area contributed by atoms with E-state index in [1.165, 1.54) is 12.8 Å². The van der Waals surface area contributed by atoms with Crippen LogP contribution in [-0.4, -0.2) is 36.5 Å². The van der Waals surface area contributed by atoms with Gasteiger partial charge in [-0.2, -0.15) is 0 Å². The van der Waals surface area contributed by atoms with Gasteiger partial charge in [0, 0.05) is 24.8 Å². The molecular formula is C14H21N3O. The van der Waals surface area contributed by atoms with E-state index in [0.717, 1.165) is 19.1 Å². The second kappa shape index (κ2) is 5.87. The summed E-state index contributed by atoms with van der Waals surface area (Å²) in [5.74, 6) is -0.0834. The molecule has 0 unspecified atom stereocenters. The molecule has 1 fully saturated rings. The Kier molecular flexibility index (Phi) is 4.20. The number of para-hydroxylation sites is 1. The van der Waals surface area contributed by atoms with Crippen LogP contribution in [0.3, 0.4) is 0 Å². The van der Waals surface area contributed by atoms with Crippen molar-refractivity contribution in [2.45, 2.75) is 25.8 Å². The molecule has 1 saturated carbocycles. The zero-order chi connectivity index (χ0) is 13.0. The molecule has 98 valence electrons. The molecule has 1 aromatic rings. The van der Waals surface area contributed by atoms with E-state index in [2.05, 4.69) is 17.1 Å². The number of likely N-dealkylation sites (N-methyl/N-ethyl adjacent to an activating group) is 1. The van der Waals surface area contributed by atoms with Gasteiger partial charge < -0.3 is 11.1 Å². The van der Waals surface area contributed by atoms with Crippen molar-refractivity contribution in [3.05, 3.63) is 29.8 Å². The molecule has 1 aromatic carbocycles. The Morgan fingerprint density at radius 3 is 2.78 bits per heavy atom. The molecular weight excluding hydrogens is 226 g/mol. The van der Waals surface area contributed by atoms with Gasteiger partial charge in [0.1, 0.15) is 0 Å². The van der Waals surface area contributed by atoms with Gasteiger partial charge in [-0.25, -0.2) is 0 Å². The molecule has 0 bridgehead atoms. The summed E-state index contributed by atoms with van der Waals surface area (Å²) in [6, 6.07) is 7.90. The third-order valence-electron chi connectivity index (χ3n) is 3.36. The number of hydrogen-bond acceptors (Lipinski definition) is 3. The average molecular weight is 247 g/mol. The van der Waals surface area contributed by atoms with Crippen molar-refractivity contribution >= 4 is 11.6 Å². The molecule has 4 heteroatoms. The number of amides is 1. The second-order valence-electron chi connectivity index (χ2n) is 4.70. The van der Waals surface area contributed by atoms with Gasteiger partial charge in [0.25, 0.3) is 5.91 Å². The summed E-state index contributed by atoms with van der Waals surface area (Å²) in [7, 11) is 0. The molecule has 3 N–H and O–H groups in total. The van der Waals surface area contributed by atoms with Crippen molar-refractivity contribution in [1.82, 2.24) is 10.2 Å². The molecule has 0 aromatic heterocycles. The van der Waals surface area contributed by atoms with E-state index in [-0.39, 0.29) is 5.91 Å². The zero-order valence-electron chi connectivity index (χ0n) is 10.9. The molecule has 0 atom stereocenters. The highest BCUT2D eigenvalue weighted by molar-refractivity contribution is 5.99. The van der Waals surface area contributed by atoms with Crippen molar-refractivity contribution in [3.63, 3.8) is 0 Å². The third-order valence-corrected chi connectivity index (χ3v) is 3.36. The Bertz CT molecular complexity index is 415. The number of hydrogen-bond donors (Lipinski definition) is 2. The van der Waals surface area contributed by atoms with Crippen LogP contribution >= 0.6 is 0 Å². The van der Waals surface area contributed by atoms with Crippen molar-refractivity contribution in [1.29, 1.82) is 0 Å². The van der Waals surface area contributed by atoms with E-state index in [0.29, 0.717) is 17.8 Å². The van der Waals surface area contributed by atoms with E-state index in [1.807, 2.05) is 12.1 Å². The largest absolute Gasteiger partial charge is 0.398 e. The van der Waals surface area contributed by atoms with Crippen LogP contribution in [0.2, 0.25) is 0 Å². The summed E-state index contributed by atoms with van der Waals surface area (Å²) in [6.45, 7) is 4.81. The Hall–Kier alpha value is -1.55. The zero-order valence-corrected chi connectivity index (χ0v) is 10.9. The average Bonchev–Trinajstić information content (AvgIpc) is 3.19. The predicted molar refractivity (Wildman–Crippen MR) is 73.5 cm³/mol. The lowest BCUT2D eigenvalue weighted by atomic mass is 10.1. The van der Waals surface area contributed by atoms with Crippen LogP contribution in [0.1, 0.15) is 30.1 Å². The summed E-state index contributed by atoms with van der Waals surface area (Å²) in [4.78, 5) is 14.3. The highest BCUT2D eigenvalue weighted by atomic mass is 16.1. The fourth-order valence-electron chi connectivity index (χ4n) is 2.15. The Morgan fingerprint density at radius 1 is 1.44 bits per heavy atom. The van der Waals surface area contributed by atoms with E-state index in [1.54, 1.807) is 12.1 Å². The Labute approximate surface area is 108 Å². The monoisotopic (exact) mass is 247 g/mol. The normalized spacial score (nSPS) is 14.8. The van der Waals surface area contributed by atoms with Gasteiger partial charge in [-0.05, 0) is 31.5 Å². The van der Waals surface area contributed by atoms with Crippen LogP contribution in [-0.2, 0) is 0 Å². The maximum absolute atomic E-state index is 11.9. The number of rotatable bonds is 6. The first kappa shape index (κ1) is 12.9. The number of nitrogens with two attached hydrogens (primary N) is 1. The maximum Gasteiger partial charge on any atom is 0.253 e. The standard InChI is InChI=1S/C14H21N3O/c1-2-17(11-7-8-11)10-9-16-14(18)12-5-3-4-6-13(12)15/h3-6,11H,2,7-10,15H2,1H3,(H,16,18). The van der Waals surface area contributed by atoms with Crippen molar-refractivity contribution < 1.29 is 4.79 Å². The summed E-state index contributed by atoms with van der Waals surface area (Å²) in [6.07, 6.45) is 2.60. The van der Waals surface area contributed by atoms with Gasteiger partial charge in [0.2, 0.25) is 0 Å². The summed E-state index contributed by atoms with van der Waals surface area (Å²) < 4.78 is 0. The fourth-order valence-corrected chi connectivity index (χ4v) is 2.15. The van der Waals surface area contributed by atoms with Crippen LogP contribution in [0.25, 0.3) is 0 Å². The smallest absolute Gasteiger partial charge is 0.253 e. The van der Waals surface area contributed by atoms with E-state index in [4.69, 9.17) is 5.73 Å². The minimum atomic E-state index is -0.0834. The van der Waals surface area contributed by atoms with Gasteiger partial charge in [-0.15, -0.1) is 0 Å². The van der Waals surface area contributed by atoms with Gasteiger partial charge in [-0.3, -0.25) is 9.69 Å². The van der Waals surface area contributed by atoms with Crippen LogP contribution in [0, 0.1) is 0 Å². The van der Waals surface area contributed by atoms with Crippen molar-refractivity contribution in [3.8, 4) is 0 Å². The van der Waals surface area contributed by atoms with E-state index in [9.17, 15) is 4.79 Å². The first-order valence-electron chi connectivity index (χ1n) is 6.59. The number of benzene rings is 1. The quantitative estimate of drug-likeness (QED) is 0.749. The molecule has 0 radical (unpaired) electrons. The fraction of sp³-hybridized carbons (Fsp3) is 0.500. The Morgan fingerprint density at radius 2 is 2.17 bits per heavy atom. The number of carbonyl (C=O) groups is 1. The molecule has 1 amide bonds. The summed E-state index contributed by atoms with van der Waals surface area (Å²) >= 11 is 0. The number of anilines is 1. The number of nitrogens with one attached hydrogen (secondary N) is 1. The lowest BCUT2D eigenvalue weighted by molar-refractivity contribution is 0.0949. The number of carbonyl (C=O) groups excluding carboxylic acids is 1. The highest BCUT2D eigenvalue weighted by Gasteiger charge is 2.27. The van der Waals surface area contributed by atoms with Crippen molar-refractivity contribution in [2.24, 2.45) is 0 Å². The van der Waals surface area contributed by atoms with Gasteiger partial charge >= 0.3 is 0 Å². The van der Waals surface area contributed by atoms with Crippen LogP contribution < -0.4 is 11.1 Å². The minimum absolute atomic E-state index is 0.0834. The molecule has 0 heterocycles. The number of nitrogens with zero attached hydrogens (tertiary/aromatic N) is 1. The highest BCUT2D eigenvalue weighted by Crippen LogP contribution is 2.25. The summed E-state index contributed by atoms with van der Waals surface area (Å²) in [5, 5.41) is 2.93. The van der Waals surface area contributed by atoms with Crippen LogP contribution in [0.5, 0.6) is 0 Å². The molecule has 0 aliphatic heterocycles. The molecule has 0 saturated heterocycles. The lowest BCUT2D eigenvalue weighted by Gasteiger charge is -2.19. The van der Waals surface area contributed by atoms with Gasteiger partial charge in [0.05, 0.1) is 5.56 Å². The first-order valence-corrected chi connectivity index (χ1v) is 6.59. The first-order chi connectivity index (χ1) is 8.72. The molecule has 1 aliphatic rings. The minimum Gasteiger partial charge on any atom is -0.398 e. The molecule has 0 spiro atoms. The van der Waals surface area contributed by atoms with Gasteiger partial charge in [-0.1, -0.05) is 19.1 Å². The third kappa shape index (κ3) is 3.23. The second-order valence-corrected chi connectivity index (χ2v) is 4.70. The van der Waals surface area contributed by atoms with E-state index >= 15 is 0 Å². The molecule has 18 heavy (non-hydrogen) atoms. The number of nitrogen functional groups attached to an aromatic ring is 1. The van der Waals surface area contributed by atoms with E-state index < -0.39 is 0 Å². The van der Waals surface area contributed by atoms with Crippen LogP contribution in [0.15, 0.2) is 24.3 Å². The van der Waals surface area contributed by atoms with Crippen LogP contribution in [0.4, 0.5) is 5.69 Å². The molecule has 1 aliphatic carbocycles. The van der Waals surface area contributed by atoms with Crippen molar-refractivity contribution in [2.75, 3.05) is 25.4 Å². The lowest BCUT2D eigenvalue weighted by Crippen LogP contribution is -2.36. The topological polar surface area (TPSA) is 58.4 Å². The summed E-state index contributed by atoms with van der Waals surface area (Å²) in [5.41, 5.74) is 6.86. The predicted octanol–water partition coefficient (Wildman–Crippen LogP) is 1.48. The molecule has 4 nitrogen and oxygen atoms in total. The molecule has 2 rings (SSSR count). The maximum atomic E-state index is 11.9.